The third-order valence-electron chi connectivity index (χ3n) is 1.93. The van der Waals surface area contributed by atoms with Crippen LogP contribution < -0.4 is 10.5 Å². The first kappa shape index (κ1) is 10.7. The molecular formula is C10H15N3O. The van der Waals surface area contributed by atoms with Crippen LogP contribution in [0.4, 0.5) is 0 Å². The highest BCUT2D eigenvalue weighted by molar-refractivity contribution is 5.13. The van der Waals surface area contributed by atoms with Gasteiger partial charge >= 0.3 is 0 Å². The normalized spacial score (nSPS) is 12.1. The summed E-state index contributed by atoms with van der Waals surface area (Å²) in [6.45, 7) is 3.64. The Hall–Kier alpha value is -1.42. The van der Waals surface area contributed by atoms with Crippen molar-refractivity contribution in [3.05, 3.63) is 30.5 Å². The minimum absolute atomic E-state index is 0.0774. The van der Waals surface area contributed by atoms with Crippen molar-refractivity contribution in [2.45, 2.75) is 18.9 Å². The number of ether oxygens (including phenoxy) is 1. The summed E-state index contributed by atoms with van der Waals surface area (Å²) in [5, 5.41) is 7.82. The Labute approximate surface area is 83.8 Å². The van der Waals surface area contributed by atoms with E-state index < -0.39 is 0 Å². The third-order valence-corrected chi connectivity index (χ3v) is 1.93. The van der Waals surface area contributed by atoms with E-state index >= 15 is 0 Å². The first-order valence-corrected chi connectivity index (χ1v) is 4.52. The highest BCUT2D eigenvalue weighted by atomic mass is 16.5. The lowest BCUT2D eigenvalue weighted by atomic mass is 10.1. The summed E-state index contributed by atoms with van der Waals surface area (Å²) in [5.41, 5.74) is 6.67. The number of hydrogen-bond donors (Lipinski definition) is 1. The quantitative estimate of drug-likeness (QED) is 0.719. The van der Waals surface area contributed by atoms with Crippen molar-refractivity contribution in [2.75, 3.05) is 7.11 Å². The maximum atomic E-state index is 5.88. The van der Waals surface area contributed by atoms with Crippen LogP contribution in [0.15, 0.2) is 24.8 Å². The van der Waals surface area contributed by atoms with Crippen LogP contribution in [-0.2, 0) is 0 Å². The molecule has 2 N–H and O–H groups in total. The number of nitrogens with two attached hydrogens (primary N) is 1. The molecule has 0 aliphatic heterocycles. The van der Waals surface area contributed by atoms with E-state index in [4.69, 9.17) is 10.5 Å². The number of nitrogens with zero attached hydrogens (tertiary/aromatic N) is 2. The van der Waals surface area contributed by atoms with Gasteiger partial charge in [-0.1, -0.05) is 6.08 Å². The summed E-state index contributed by atoms with van der Waals surface area (Å²) in [4.78, 5) is 0. The van der Waals surface area contributed by atoms with E-state index in [0.717, 1.165) is 18.5 Å². The van der Waals surface area contributed by atoms with Crippen LogP contribution in [0.2, 0.25) is 0 Å². The molecule has 1 heterocycles. The van der Waals surface area contributed by atoms with E-state index in [2.05, 4.69) is 16.8 Å². The fourth-order valence-corrected chi connectivity index (χ4v) is 1.08. The first-order chi connectivity index (χ1) is 6.77. The van der Waals surface area contributed by atoms with Gasteiger partial charge < -0.3 is 10.5 Å². The molecule has 76 valence electrons. The number of aromatic nitrogens is 2. The number of hydrogen-bond acceptors (Lipinski definition) is 4. The Morgan fingerprint density at radius 3 is 2.86 bits per heavy atom. The van der Waals surface area contributed by atoms with E-state index in [0.29, 0.717) is 5.88 Å². The molecule has 1 aromatic rings. The van der Waals surface area contributed by atoms with Gasteiger partial charge in [-0.3, -0.25) is 0 Å². The molecule has 1 unspecified atom stereocenters. The molecule has 1 rings (SSSR count). The summed E-state index contributed by atoms with van der Waals surface area (Å²) < 4.78 is 4.90. The molecule has 1 atom stereocenters. The topological polar surface area (TPSA) is 61.0 Å². The van der Waals surface area contributed by atoms with Crippen LogP contribution in [0.5, 0.6) is 5.88 Å². The molecule has 0 bridgehead atoms. The lowest BCUT2D eigenvalue weighted by molar-refractivity contribution is 0.390. The van der Waals surface area contributed by atoms with Crippen LogP contribution >= 0.6 is 0 Å². The molecule has 0 saturated carbocycles. The molecule has 4 heteroatoms. The fraction of sp³-hybridized carbons (Fsp3) is 0.400. The third kappa shape index (κ3) is 2.81. The maximum absolute atomic E-state index is 5.88. The van der Waals surface area contributed by atoms with E-state index in [1.807, 2.05) is 12.1 Å². The van der Waals surface area contributed by atoms with Crippen LogP contribution in [0.25, 0.3) is 0 Å². The Morgan fingerprint density at radius 1 is 1.57 bits per heavy atom. The van der Waals surface area contributed by atoms with Crippen molar-refractivity contribution in [1.82, 2.24) is 10.2 Å². The van der Waals surface area contributed by atoms with Gasteiger partial charge in [0, 0.05) is 12.1 Å². The van der Waals surface area contributed by atoms with Crippen molar-refractivity contribution in [3.8, 4) is 5.88 Å². The second-order valence-corrected chi connectivity index (χ2v) is 2.97. The summed E-state index contributed by atoms with van der Waals surface area (Å²) in [5.74, 6) is 0.504. The van der Waals surface area contributed by atoms with Crippen molar-refractivity contribution >= 4 is 0 Å². The lowest BCUT2D eigenvalue weighted by Gasteiger charge is -2.08. The predicted molar refractivity (Wildman–Crippen MR) is 54.9 cm³/mol. The second kappa shape index (κ2) is 5.34. The van der Waals surface area contributed by atoms with Gasteiger partial charge in [0.1, 0.15) is 0 Å². The first-order valence-electron chi connectivity index (χ1n) is 4.52. The van der Waals surface area contributed by atoms with Gasteiger partial charge in [-0.15, -0.1) is 11.7 Å². The molecule has 14 heavy (non-hydrogen) atoms. The molecule has 0 aliphatic rings. The SMILES string of the molecule is C=CCCC(N)c1ccc(OC)nn1. The van der Waals surface area contributed by atoms with Crippen molar-refractivity contribution in [1.29, 1.82) is 0 Å². The predicted octanol–water partition coefficient (Wildman–Crippen LogP) is 1.45. The molecular weight excluding hydrogens is 178 g/mol. The van der Waals surface area contributed by atoms with Gasteiger partial charge in [-0.2, -0.15) is 5.10 Å². The Bertz CT molecular complexity index is 284. The molecule has 0 amide bonds. The van der Waals surface area contributed by atoms with Gasteiger partial charge in [0.15, 0.2) is 0 Å². The molecule has 0 saturated heterocycles. The maximum Gasteiger partial charge on any atom is 0.233 e. The van der Waals surface area contributed by atoms with E-state index in [9.17, 15) is 0 Å². The van der Waals surface area contributed by atoms with Gasteiger partial charge in [0.25, 0.3) is 0 Å². The summed E-state index contributed by atoms with van der Waals surface area (Å²) in [6, 6.07) is 3.52. The van der Waals surface area contributed by atoms with Crippen LogP contribution in [0.3, 0.4) is 0 Å². The molecule has 4 nitrogen and oxygen atoms in total. The minimum Gasteiger partial charge on any atom is -0.480 e. The van der Waals surface area contributed by atoms with Gasteiger partial charge in [0.2, 0.25) is 5.88 Å². The monoisotopic (exact) mass is 193 g/mol. The van der Waals surface area contributed by atoms with Crippen molar-refractivity contribution < 1.29 is 4.74 Å². The Morgan fingerprint density at radius 2 is 2.36 bits per heavy atom. The number of methoxy groups -OCH3 is 1. The van der Waals surface area contributed by atoms with E-state index in [1.54, 1.807) is 13.2 Å². The van der Waals surface area contributed by atoms with E-state index in [1.165, 1.54) is 0 Å². The number of rotatable bonds is 5. The summed E-state index contributed by atoms with van der Waals surface area (Å²) in [7, 11) is 1.56. The minimum atomic E-state index is -0.0774. The number of allylic oxidation sites excluding steroid dienone is 1. The molecule has 0 fully saturated rings. The summed E-state index contributed by atoms with van der Waals surface area (Å²) >= 11 is 0. The molecule has 0 aliphatic carbocycles. The Balaban J connectivity index is 2.61. The fourth-order valence-electron chi connectivity index (χ4n) is 1.08. The zero-order valence-corrected chi connectivity index (χ0v) is 8.31. The van der Waals surface area contributed by atoms with Crippen LogP contribution in [-0.4, -0.2) is 17.3 Å². The lowest BCUT2D eigenvalue weighted by Crippen LogP contribution is -2.12. The largest absolute Gasteiger partial charge is 0.480 e. The standard InChI is InChI=1S/C10H15N3O/c1-3-4-5-8(11)9-6-7-10(14-2)13-12-9/h3,6-8H,1,4-5,11H2,2H3. The van der Waals surface area contributed by atoms with Gasteiger partial charge in [-0.05, 0) is 18.9 Å². The smallest absolute Gasteiger partial charge is 0.233 e. The molecule has 0 aromatic carbocycles. The highest BCUT2D eigenvalue weighted by Crippen LogP contribution is 2.14. The van der Waals surface area contributed by atoms with Gasteiger partial charge in [0.05, 0.1) is 12.8 Å². The second-order valence-electron chi connectivity index (χ2n) is 2.97. The van der Waals surface area contributed by atoms with E-state index in [-0.39, 0.29) is 6.04 Å². The molecule has 0 spiro atoms. The van der Waals surface area contributed by atoms with Crippen molar-refractivity contribution in [2.24, 2.45) is 5.73 Å². The van der Waals surface area contributed by atoms with Crippen molar-refractivity contribution in [3.63, 3.8) is 0 Å². The van der Waals surface area contributed by atoms with Crippen LogP contribution in [0.1, 0.15) is 24.6 Å². The molecule has 1 aromatic heterocycles. The highest BCUT2D eigenvalue weighted by Gasteiger charge is 2.06. The zero-order chi connectivity index (χ0) is 10.4. The molecule has 0 radical (unpaired) electrons. The zero-order valence-electron chi connectivity index (χ0n) is 8.31. The summed E-state index contributed by atoms with van der Waals surface area (Å²) in [6.07, 6.45) is 3.57. The average molecular weight is 193 g/mol. The average Bonchev–Trinajstić information content (AvgIpc) is 2.26. The van der Waals surface area contributed by atoms with Crippen LogP contribution in [0, 0.1) is 0 Å². The Kier molecular flexibility index (Phi) is 4.07. The van der Waals surface area contributed by atoms with Gasteiger partial charge in [-0.25, -0.2) is 0 Å².